The van der Waals surface area contributed by atoms with E-state index in [-0.39, 0.29) is 5.91 Å². The van der Waals surface area contributed by atoms with Gasteiger partial charge in [0.25, 0.3) is 5.91 Å². The topological polar surface area (TPSA) is 54.9 Å². The number of hydrogen-bond acceptors (Lipinski definition) is 3. The van der Waals surface area contributed by atoms with Crippen molar-refractivity contribution < 1.29 is 4.79 Å². The second-order valence-corrected chi connectivity index (χ2v) is 5.38. The van der Waals surface area contributed by atoms with Crippen LogP contribution in [0, 0.1) is 13.8 Å². The summed E-state index contributed by atoms with van der Waals surface area (Å²) in [6.45, 7) is 3.82. The van der Waals surface area contributed by atoms with Crippen LogP contribution in [-0.2, 0) is 0 Å². The molecule has 1 N–H and O–H groups in total. The summed E-state index contributed by atoms with van der Waals surface area (Å²) in [4.78, 5) is 21.1. The average Bonchev–Trinajstić information content (AvgIpc) is 2.57. The lowest BCUT2D eigenvalue weighted by molar-refractivity contribution is 0.102. The van der Waals surface area contributed by atoms with Crippen molar-refractivity contribution >= 4 is 11.6 Å². The van der Waals surface area contributed by atoms with Crippen LogP contribution in [0.3, 0.4) is 0 Å². The Morgan fingerprint density at radius 2 is 1.65 bits per heavy atom. The third-order valence-electron chi connectivity index (χ3n) is 3.57. The van der Waals surface area contributed by atoms with E-state index >= 15 is 0 Å². The molecule has 1 aromatic heterocycles. The van der Waals surface area contributed by atoms with E-state index in [9.17, 15) is 4.79 Å². The molecule has 4 nitrogen and oxygen atoms in total. The third-order valence-corrected chi connectivity index (χ3v) is 3.57. The predicted octanol–water partition coefficient (Wildman–Crippen LogP) is 4.01. The molecule has 0 aliphatic carbocycles. The largest absolute Gasteiger partial charge is 0.322 e. The molecule has 0 saturated carbocycles. The summed E-state index contributed by atoms with van der Waals surface area (Å²) < 4.78 is 0. The summed E-state index contributed by atoms with van der Waals surface area (Å²) in [7, 11) is 0. The lowest BCUT2D eigenvalue weighted by Gasteiger charge is -2.08. The summed E-state index contributed by atoms with van der Waals surface area (Å²) in [6, 6.07) is 17.4. The summed E-state index contributed by atoms with van der Waals surface area (Å²) in [6.07, 6.45) is 1.58. The monoisotopic (exact) mass is 303 g/mol. The second kappa shape index (κ2) is 6.40. The number of carbonyl (C=O) groups excluding carboxylic acids is 1. The maximum absolute atomic E-state index is 12.4. The molecule has 1 heterocycles. The van der Waals surface area contributed by atoms with Gasteiger partial charge in [0.2, 0.25) is 0 Å². The van der Waals surface area contributed by atoms with Crippen LogP contribution >= 0.6 is 0 Å². The minimum atomic E-state index is -0.203. The smallest absolute Gasteiger partial charge is 0.259 e. The molecule has 4 heteroatoms. The van der Waals surface area contributed by atoms with E-state index in [0.717, 1.165) is 16.8 Å². The first-order valence-corrected chi connectivity index (χ1v) is 7.40. The van der Waals surface area contributed by atoms with Gasteiger partial charge in [-0.2, -0.15) is 0 Å². The van der Waals surface area contributed by atoms with Gasteiger partial charge in [0.1, 0.15) is 0 Å². The number of nitrogens with one attached hydrogen (secondary N) is 1. The molecular formula is C19H17N3O. The van der Waals surface area contributed by atoms with E-state index in [1.165, 1.54) is 0 Å². The van der Waals surface area contributed by atoms with Gasteiger partial charge in [-0.3, -0.25) is 4.79 Å². The Hall–Kier alpha value is -3.01. The quantitative estimate of drug-likeness (QED) is 0.795. The van der Waals surface area contributed by atoms with Crippen molar-refractivity contribution in [3.05, 3.63) is 77.6 Å². The first-order chi connectivity index (χ1) is 11.1. The van der Waals surface area contributed by atoms with Gasteiger partial charge in [-0.1, -0.05) is 48.0 Å². The van der Waals surface area contributed by atoms with Crippen molar-refractivity contribution in [1.29, 1.82) is 0 Å². The number of amides is 1. The molecule has 0 radical (unpaired) electrons. The predicted molar refractivity (Wildman–Crippen MR) is 91.3 cm³/mol. The summed E-state index contributed by atoms with van der Waals surface area (Å²) in [5.41, 5.74) is 3.97. The van der Waals surface area contributed by atoms with Crippen LogP contribution in [0.4, 0.5) is 5.69 Å². The molecule has 0 bridgehead atoms. The van der Waals surface area contributed by atoms with Crippen LogP contribution in [0.2, 0.25) is 0 Å². The minimum absolute atomic E-state index is 0.203. The van der Waals surface area contributed by atoms with Gasteiger partial charge in [-0.25, -0.2) is 9.97 Å². The van der Waals surface area contributed by atoms with Crippen LogP contribution in [0.25, 0.3) is 11.4 Å². The molecule has 3 rings (SSSR count). The first kappa shape index (κ1) is 14.9. The number of carbonyl (C=O) groups is 1. The first-order valence-electron chi connectivity index (χ1n) is 7.40. The van der Waals surface area contributed by atoms with E-state index in [2.05, 4.69) is 15.3 Å². The van der Waals surface area contributed by atoms with Crippen molar-refractivity contribution in [3.63, 3.8) is 0 Å². The average molecular weight is 303 g/mol. The Bertz CT molecular complexity index is 827. The standard InChI is InChI=1S/C19H17N3O/c1-13-8-10-16(11-9-13)22-19(23)17-12-20-18(21-14(17)2)15-6-4-3-5-7-15/h3-12H,1-2H3,(H,22,23). The molecule has 0 fully saturated rings. The van der Waals surface area contributed by atoms with Crippen molar-refractivity contribution in [2.45, 2.75) is 13.8 Å². The van der Waals surface area contributed by atoms with Gasteiger partial charge in [-0.05, 0) is 26.0 Å². The zero-order valence-corrected chi connectivity index (χ0v) is 13.1. The van der Waals surface area contributed by atoms with Gasteiger partial charge >= 0.3 is 0 Å². The van der Waals surface area contributed by atoms with Crippen LogP contribution in [-0.4, -0.2) is 15.9 Å². The fourth-order valence-corrected chi connectivity index (χ4v) is 2.25. The molecule has 3 aromatic rings. The van der Waals surface area contributed by atoms with E-state index in [0.29, 0.717) is 17.1 Å². The summed E-state index contributed by atoms with van der Waals surface area (Å²) >= 11 is 0. The zero-order valence-electron chi connectivity index (χ0n) is 13.1. The molecule has 0 unspecified atom stereocenters. The molecule has 1 amide bonds. The van der Waals surface area contributed by atoms with Gasteiger partial charge in [0.15, 0.2) is 5.82 Å². The highest BCUT2D eigenvalue weighted by molar-refractivity contribution is 6.04. The Morgan fingerprint density at radius 1 is 0.957 bits per heavy atom. The zero-order chi connectivity index (χ0) is 16.2. The third kappa shape index (κ3) is 3.43. The van der Waals surface area contributed by atoms with E-state index in [4.69, 9.17) is 0 Å². The van der Waals surface area contributed by atoms with E-state index in [1.807, 2.05) is 68.4 Å². The number of rotatable bonds is 3. The van der Waals surface area contributed by atoms with Crippen LogP contribution in [0.5, 0.6) is 0 Å². The number of hydrogen-bond donors (Lipinski definition) is 1. The number of aromatic nitrogens is 2. The van der Waals surface area contributed by atoms with Crippen molar-refractivity contribution in [3.8, 4) is 11.4 Å². The van der Waals surface area contributed by atoms with E-state index < -0.39 is 0 Å². The molecule has 2 aromatic carbocycles. The minimum Gasteiger partial charge on any atom is -0.322 e. The van der Waals surface area contributed by atoms with Crippen molar-refractivity contribution in [2.24, 2.45) is 0 Å². The molecule has 0 atom stereocenters. The molecule has 0 aliphatic rings. The van der Waals surface area contributed by atoms with E-state index in [1.54, 1.807) is 6.20 Å². The van der Waals surface area contributed by atoms with Crippen molar-refractivity contribution in [1.82, 2.24) is 9.97 Å². The molecule has 0 saturated heterocycles. The Morgan fingerprint density at radius 3 is 2.30 bits per heavy atom. The fourth-order valence-electron chi connectivity index (χ4n) is 2.25. The Labute approximate surface area is 135 Å². The van der Waals surface area contributed by atoms with Gasteiger partial charge in [-0.15, -0.1) is 0 Å². The molecule has 23 heavy (non-hydrogen) atoms. The molecular weight excluding hydrogens is 286 g/mol. The van der Waals surface area contributed by atoms with Gasteiger partial charge in [0, 0.05) is 17.4 Å². The summed E-state index contributed by atoms with van der Waals surface area (Å²) in [5, 5.41) is 2.87. The number of nitrogens with zero attached hydrogens (tertiary/aromatic N) is 2. The maximum Gasteiger partial charge on any atom is 0.259 e. The highest BCUT2D eigenvalue weighted by Gasteiger charge is 2.12. The number of anilines is 1. The maximum atomic E-state index is 12.4. The van der Waals surface area contributed by atoms with Crippen molar-refractivity contribution in [2.75, 3.05) is 5.32 Å². The lowest BCUT2D eigenvalue weighted by atomic mass is 10.1. The van der Waals surface area contributed by atoms with Gasteiger partial charge < -0.3 is 5.32 Å². The number of benzene rings is 2. The SMILES string of the molecule is Cc1ccc(NC(=O)c2cnc(-c3ccccc3)nc2C)cc1. The highest BCUT2D eigenvalue weighted by Crippen LogP contribution is 2.17. The van der Waals surface area contributed by atoms with Crippen LogP contribution < -0.4 is 5.32 Å². The summed E-state index contributed by atoms with van der Waals surface area (Å²) in [5.74, 6) is 0.418. The lowest BCUT2D eigenvalue weighted by Crippen LogP contribution is -2.15. The van der Waals surface area contributed by atoms with Crippen LogP contribution in [0.1, 0.15) is 21.6 Å². The molecule has 0 spiro atoms. The number of aryl methyl sites for hydroxylation is 2. The second-order valence-electron chi connectivity index (χ2n) is 5.38. The normalized spacial score (nSPS) is 10.3. The van der Waals surface area contributed by atoms with Gasteiger partial charge in [0.05, 0.1) is 11.3 Å². The highest BCUT2D eigenvalue weighted by atomic mass is 16.1. The Kier molecular flexibility index (Phi) is 4.15. The molecule has 0 aliphatic heterocycles. The molecule has 114 valence electrons. The van der Waals surface area contributed by atoms with Crippen LogP contribution in [0.15, 0.2) is 60.8 Å². The Balaban J connectivity index is 1.83. The fraction of sp³-hybridized carbons (Fsp3) is 0.105.